The Bertz CT molecular complexity index is 1190. The number of rotatable bonds is 10. The number of amides is 2. The Morgan fingerprint density at radius 3 is 2.63 bits per heavy atom. The van der Waals surface area contributed by atoms with E-state index >= 15 is 0 Å². The summed E-state index contributed by atoms with van der Waals surface area (Å²) in [5.41, 5.74) is 3.46. The average molecular weight is 494 g/mol. The second kappa shape index (κ2) is 12.8. The lowest BCUT2D eigenvalue weighted by Crippen LogP contribution is -2.33. The molecule has 0 bridgehead atoms. The number of carbonyl (C=O) groups is 2. The topological polar surface area (TPSA) is 136 Å². The first-order chi connectivity index (χ1) is 17.0. The van der Waals surface area contributed by atoms with Gasteiger partial charge in [0.25, 0.3) is 5.69 Å². The summed E-state index contributed by atoms with van der Waals surface area (Å²) in [5.74, 6) is -0.455. The zero-order chi connectivity index (χ0) is 25.0. The summed E-state index contributed by atoms with van der Waals surface area (Å²) >= 11 is 1.18. The van der Waals surface area contributed by atoms with E-state index < -0.39 is 23.0 Å². The Morgan fingerprint density at radius 2 is 1.94 bits per heavy atom. The molecule has 35 heavy (non-hydrogen) atoms. The van der Waals surface area contributed by atoms with Gasteiger partial charge in [0.15, 0.2) is 0 Å². The number of aromatic nitrogens is 1. The fourth-order valence-electron chi connectivity index (χ4n) is 3.03. The first kappa shape index (κ1) is 25.4. The summed E-state index contributed by atoms with van der Waals surface area (Å²) in [6.07, 6.45) is 2.22. The molecule has 180 valence electrons. The number of nitro benzene ring substituents is 1. The molecule has 0 aliphatic carbocycles. The van der Waals surface area contributed by atoms with E-state index in [0.717, 1.165) is 5.56 Å². The number of alkyl carbamates (subject to hydrolysis) is 1. The lowest BCUT2D eigenvalue weighted by molar-refractivity contribution is -0.387. The summed E-state index contributed by atoms with van der Waals surface area (Å²) in [6.45, 7) is 1.89. The molecule has 1 heterocycles. The van der Waals surface area contributed by atoms with Gasteiger partial charge in [-0.3, -0.25) is 14.9 Å². The van der Waals surface area contributed by atoms with Gasteiger partial charge in [0, 0.05) is 17.8 Å². The van der Waals surface area contributed by atoms with Crippen molar-refractivity contribution in [3.63, 3.8) is 0 Å². The maximum atomic E-state index is 12.5. The van der Waals surface area contributed by atoms with Crippen LogP contribution in [0.25, 0.3) is 0 Å². The zero-order valence-electron chi connectivity index (χ0n) is 18.8. The molecule has 1 atom stereocenters. The van der Waals surface area contributed by atoms with Crippen molar-refractivity contribution in [2.24, 2.45) is 5.10 Å². The second-order valence-electron chi connectivity index (χ2n) is 7.08. The molecular formula is C24H23N5O5S. The number of hydrazone groups is 1. The van der Waals surface area contributed by atoms with Crippen LogP contribution in [0.1, 0.15) is 30.5 Å². The summed E-state index contributed by atoms with van der Waals surface area (Å²) in [6, 6.07) is 18.4. The Kier molecular flexibility index (Phi) is 9.31. The number of ether oxygens (including phenoxy) is 1. The molecule has 0 radical (unpaired) electrons. The van der Waals surface area contributed by atoms with Gasteiger partial charge in [-0.1, -0.05) is 54.2 Å². The van der Waals surface area contributed by atoms with E-state index in [1.807, 2.05) is 6.07 Å². The van der Waals surface area contributed by atoms with Crippen LogP contribution in [-0.2, 0) is 9.53 Å². The zero-order valence-corrected chi connectivity index (χ0v) is 19.6. The van der Waals surface area contributed by atoms with Crippen molar-refractivity contribution < 1.29 is 19.2 Å². The van der Waals surface area contributed by atoms with Crippen molar-refractivity contribution in [2.45, 2.75) is 29.3 Å². The fraction of sp³-hybridized carbons (Fsp3) is 0.167. The molecule has 2 N–H and O–H groups in total. The van der Waals surface area contributed by atoms with Crippen molar-refractivity contribution in [3.05, 3.63) is 94.2 Å². The number of nitro groups is 1. The minimum atomic E-state index is -0.631. The number of nitrogens with zero attached hydrogens (tertiary/aromatic N) is 3. The highest BCUT2D eigenvalue weighted by Crippen LogP contribution is 2.34. The minimum Gasteiger partial charge on any atom is -0.450 e. The summed E-state index contributed by atoms with van der Waals surface area (Å²) in [7, 11) is 0. The van der Waals surface area contributed by atoms with E-state index in [9.17, 15) is 19.7 Å². The van der Waals surface area contributed by atoms with Crippen molar-refractivity contribution in [2.75, 3.05) is 6.61 Å². The van der Waals surface area contributed by atoms with Crippen LogP contribution in [0.4, 0.5) is 10.5 Å². The molecule has 0 saturated heterocycles. The van der Waals surface area contributed by atoms with E-state index in [4.69, 9.17) is 4.74 Å². The van der Waals surface area contributed by atoms with E-state index in [1.165, 1.54) is 24.0 Å². The molecule has 0 saturated carbocycles. The molecule has 0 fully saturated rings. The largest absolute Gasteiger partial charge is 0.450 e. The Morgan fingerprint density at radius 1 is 1.17 bits per heavy atom. The van der Waals surface area contributed by atoms with Crippen LogP contribution in [0.5, 0.6) is 0 Å². The number of hydrogen-bond donors (Lipinski definition) is 2. The minimum absolute atomic E-state index is 0.0834. The van der Waals surface area contributed by atoms with Gasteiger partial charge in [0.05, 0.1) is 35.1 Å². The van der Waals surface area contributed by atoms with Gasteiger partial charge in [-0.15, -0.1) is 0 Å². The molecule has 10 nitrogen and oxygen atoms in total. The highest BCUT2D eigenvalue weighted by atomic mass is 32.2. The average Bonchev–Trinajstić information content (AvgIpc) is 2.85. The molecule has 1 aromatic heterocycles. The monoisotopic (exact) mass is 493 g/mol. The molecule has 3 rings (SSSR count). The maximum Gasteiger partial charge on any atom is 0.407 e. The lowest BCUT2D eigenvalue weighted by atomic mass is 10.0. The van der Waals surface area contributed by atoms with Gasteiger partial charge in [-0.2, -0.15) is 5.10 Å². The summed E-state index contributed by atoms with van der Waals surface area (Å²) in [5, 5.41) is 18.8. The lowest BCUT2D eigenvalue weighted by Gasteiger charge is -2.18. The standard InChI is InChI=1S/C24H23N5O5S/c1-2-34-24(31)27-19(18-8-4-3-5-9-18)15-22(30)28-26-16-17-11-12-21(20(14-17)29(32)33)35-23-10-6-7-13-25-23/h3-14,16,19H,2,15H2,1H3,(H,27,31)(H,28,30)/b26-16-/t19-/m0/s1. The second-order valence-corrected chi connectivity index (χ2v) is 8.14. The number of pyridine rings is 1. The molecule has 2 aromatic carbocycles. The first-order valence-corrected chi connectivity index (χ1v) is 11.5. The third-order valence-electron chi connectivity index (χ3n) is 4.59. The molecular weight excluding hydrogens is 470 g/mol. The number of carbonyl (C=O) groups excluding carboxylic acids is 2. The van der Waals surface area contributed by atoms with Crippen LogP contribution in [0.15, 0.2) is 87.9 Å². The molecule has 3 aromatic rings. The normalized spacial score (nSPS) is 11.6. The van der Waals surface area contributed by atoms with Gasteiger partial charge in [-0.25, -0.2) is 15.2 Å². The van der Waals surface area contributed by atoms with Crippen LogP contribution < -0.4 is 10.7 Å². The Labute approximate surface area is 205 Å². The van der Waals surface area contributed by atoms with Crippen LogP contribution >= 0.6 is 11.8 Å². The number of nitrogens with one attached hydrogen (secondary N) is 2. The van der Waals surface area contributed by atoms with Gasteiger partial charge in [0.1, 0.15) is 5.03 Å². The van der Waals surface area contributed by atoms with Crippen molar-refractivity contribution in [1.82, 2.24) is 15.7 Å². The van der Waals surface area contributed by atoms with E-state index in [-0.39, 0.29) is 18.7 Å². The van der Waals surface area contributed by atoms with Crippen molar-refractivity contribution in [1.29, 1.82) is 0 Å². The number of benzene rings is 2. The predicted molar refractivity (Wildman–Crippen MR) is 131 cm³/mol. The van der Waals surface area contributed by atoms with E-state index in [2.05, 4.69) is 20.8 Å². The Hall–Kier alpha value is -4.25. The van der Waals surface area contributed by atoms with Crippen molar-refractivity contribution >= 4 is 35.7 Å². The maximum absolute atomic E-state index is 12.5. The smallest absolute Gasteiger partial charge is 0.407 e. The van der Waals surface area contributed by atoms with Gasteiger partial charge in [0.2, 0.25) is 5.91 Å². The predicted octanol–water partition coefficient (Wildman–Crippen LogP) is 4.47. The Balaban J connectivity index is 1.65. The first-order valence-electron chi connectivity index (χ1n) is 10.6. The molecule has 0 spiro atoms. The van der Waals surface area contributed by atoms with Gasteiger partial charge in [-0.05, 0) is 30.7 Å². The fourth-order valence-corrected chi connectivity index (χ4v) is 3.89. The highest BCUT2D eigenvalue weighted by molar-refractivity contribution is 7.99. The highest BCUT2D eigenvalue weighted by Gasteiger charge is 2.19. The third-order valence-corrected chi connectivity index (χ3v) is 5.61. The SMILES string of the molecule is CCOC(=O)N[C@@H](CC(=O)N/N=C\c1ccc(Sc2ccccn2)c([N+](=O)[O-])c1)c1ccccc1. The van der Waals surface area contributed by atoms with Crippen LogP contribution in [0.2, 0.25) is 0 Å². The molecule has 0 unspecified atom stereocenters. The van der Waals surface area contributed by atoms with Crippen LogP contribution in [0, 0.1) is 10.1 Å². The molecule has 11 heteroatoms. The number of hydrogen-bond acceptors (Lipinski definition) is 8. The van der Waals surface area contributed by atoms with Crippen LogP contribution in [-0.4, -0.2) is 34.7 Å². The molecule has 0 aliphatic rings. The van der Waals surface area contributed by atoms with Crippen LogP contribution in [0.3, 0.4) is 0 Å². The van der Waals surface area contributed by atoms with E-state index in [1.54, 1.807) is 67.7 Å². The molecule has 2 amide bonds. The molecule has 0 aliphatic heterocycles. The van der Waals surface area contributed by atoms with Crippen molar-refractivity contribution in [3.8, 4) is 0 Å². The van der Waals surface area contributed by atoms with Gasteiger partial charge >= 0.3 is 6.09 Å². The third kappa shape index (κ3) is 7.93. The summed E-state index contributed by atoms with van der Waals surface area (Å²) < 4.78 is 4.92. The van der Waals surface area contributed by atoms with Gasteiger partial charge < -0.3 is 10.1 Å². The summed E-state index contributed by atoms with van der Waals surface area (Å²) in [4.78, 5) is 40.0. The van der Waals surface area contributed by atoms with E-state index in [0.29, 0.717) is 15.5 Å². The quantitative estimate of drug-likeness (QED) is 0.242.